The third-order valence-electron chi connectivity index (χ3n) is 8.00. The van der Waals surface area contributed by atoms with Crippen molar-refractivity contribution in [3.05, 3.63) is 82.5 Å². The summed E-state index contributed by atoms with van der Waals surface area (Å²) in [5.74, 6) is 1.42. The quantitative estimate of drug-likeness (QED) is 0.258. The summed E-state index contributed by atoms with van der Waals surface area (Å²) >= 11 is 5.86. The number of anilines is 1. The van der Waals surface area contributed by atoms with Gasteiger partial charge in [0.1, 0.15) is 18.2 Å². The summed E-state index contributed by atoms with van der Waals surface area (Å²) in [7, 11) is 1.59. The summed E-state index contributed by atoms with van der Waals surface area (Å²) in [6.07, 6.45) is 3.18. The maximum atomic E-state index is 14.1. The summed E-state index contributed by atoms with van der Waals surface area (Å²) in [4.78, 5) is 24.0. The molecule has 4 aromatic rings. The Balaban J connectivity index is 1.10. The van der Waals surface area contributed by atoms with Crippen LogP contribution in [0.15, 0.2) is 54.6 Å². The molecule has 2 amide bonds. The van der Waals surface area contributed by atoms with Gasteiger partial charge in [-0.25, -0.2) is 19.2 Å². The van der Waals surface area contributed by atoms with Gasteiger partial charge in [-0.1, -0.05) is 23.7 Å². The normalized spacial score (nSPS) is 17.6. The number of carbonyl (C=O) groups excluding carboxylic acids is 1. The molecular formula is C31H34ClFN6O3. The van der Waals surface area contributed by atoms with Crippen LogP contribution in [0.25, 0.3) is 11.0 Å². The first-order valence-electron chi connectivity index (χ1n) is 14.3. The lowest BCUT2D eigenvalue weighted by molar-refractivity contribution is -0.0592. The monoisotopic (exact) mass is 592 g/mol. The van der Waals surface area contributed by atoms with Gasteiger partial charge in [-0.05, 0) is 68.8 Å². The van der Waals surface area contributed by atoms with Gasteiger partial charge in [0.05, 0.1) is 30.2 Å². The number of pyridine rings is 1. The number of fused-ring (bicyclic) bond motifs is 1. The smallest absolute Gasteiger partial charge is 0.318 e. The fourth-order valence-electron chi connectivity index (χ4n) is 5.52. The molecule has 6 rings (SSSR count). The highest BCUT2D eigenvalue weighted by Crippen LogP contribution is 2.30. The number of urea groups is 1. The molecule has 9 nitrogen and oxygen atoms in total. The van der Waals surface area contributed by atoms with E-state index in [-0.39, 0.29) is 24.6 Å². The molecule has 1 atom stereocenters. The Bertz CT molecular complexity index is 1570. The Kier molecular flexibility index (Phi) is 8.55. The molecule has 42 heavy (non-hydrogen) atoms. The van der Waals surface area contributed by atoms with E-state index in [1.807, 2.05) is 30.3 Å². The minimum absolute atomic E-state index is 0.0914. The fraction of sp³-hybridized carbons (Fsp3) is 0.387. The number of nitrogens with one attached hydrogen (secondary N) is 2. The van der Waals surface area contributed by atoms with Crippen LogP contribution < -0.4 is 15.4 Å². The van der Waals surface area contributed by atoms with Crippen molar-refractivity contribution in [1.29, 1.82) is 0 Å². The van der Waals surface area contributed by atoms with Crippen molar-refractivity contribution in [3.63, 3.8) is 0 Å². The molecule has 2 aromatic heterocycles. The second-order valence-corrected chi connectivity index (χ2v) is 11.2. The zero-order valence-corrected chi connectivity index (χ0v) is 24.2. The predicted octanol–water partition coefficient (Wildman–Crippen LogP) is 5.72. The molecule has 2 N–H and O–H groups in total. The molecule has 2 aromatic carbocycles. The second-order valence-electron chi connectivity index (χ2n) is 10.8. The molecular weight excluding hydrogens is 559 g/mol. The van der Waals surface area contributed by atoms with Crippen molar-refractivity contribution >= 4 is 34.4 Å². The van der Waals surface area contributed by atoms with E-state index in [4.69, 9.17) is 31.0 Å². The van der Waals surface area contributed by atoms with Crippen molar-refractivity contribution in [2.24, 2.45) is 0 Å². The van der Waals surface area contributed by atoms with Crippen LogP contribution in [0.2, 0.25) is 5.02 Å². The van der Waals surface area contributed by atoms with Gasteiger partial charge >= 0.3 is 6.03 Å². The van der Waals surface area contributed by atoms with Crippen LogP contribution in [0.1, 0.15) is 42.3 Å². The van der Waals surface area contributed by atoms with Crippen molar-refractivity contribution in [1.82, 2.24) is 24.8 Å². The number of imidazole rings is 1. The number of benzene rings is 2. The highest BCUT2D eigenvalue weighted by molar-refractivity contribution is 6.30. The Morgan fingerprint density at radius 1 is 1.12 bits per heavy atom. The van der Waals surface area contributed by atoms with E-state index in [1.54, 1.807) is 25.2 Å². The number of hydrogen-bond donors (Lipinski definition) is 2. The zero-order valence-electron chi connectivity index (χ0n) is 23.5. The predicted molar refractivity (Wildman–Crippen MR) is 159 cm³/mol. The number of halogens is 2. The summed E-state index contributed by atoms with van der Waals surface area (Å²) in [5.41, 5.74) is 4.03. The molecule has 220 valence electrons. The van der Waals surface area contributed by atoms with Gasteiger partial charge in [-0.2, -0.15) is 0 Å². The average molecular weight is 593 g/mol. The molecule has 2 aliphatic rings. The highest BCUT2D eigenvalue weighted by atomic mass is 35.5. The Hall–Kier alpha value is -3.73. The van der Waals surface area contributed by atoms with Gasteiger partial charge in [0.2, 0.25) is 5.88 Å². The summed E-state index contributed by atoms with van der Waals surface area (Å²) in [5, 5.41) is 5.77. The van der Waals surface area contributed by atoms with Crippen LogP contribution in [0.3, 0.4) is 0 Å². The maximum absolute atomic E-state index is 14.1. The molecule has 0 bridgehead atoms. The second kappa shape index (κ2) is 12.6. The van der Waals surface area contributed by atoms with Gasteiger partial charge < -0.3 is 24.7 Å². The molecule has 0 saturated carbocycles. The molecule has 0 unspecified atom stereocenters. The largest absolute Gasteiger partial charge is 0.473 e. The molecule has 4 heterocycles. The summed E-state index contributed by atoms with van der Waals surface area (Å²) < 4.78 is 28.0. The van der Waals surface area contributed by atoms with E-state index in [2.05, 4.69) is 20.1 Å². The van der Waals surface area contributed by atoms with E-state index < -0.39 is 0 Å². The number of rotatable bonds is 9. The Morgan fingerprint density at radius 3 is 2.69 bits per heavy atom. The van der Waals surface area contributed by atoms with E-state index in [9.17, 15) is 9.18 Å². The van der Waals surface area contributed by atoms with Gasteiger partial charge in [0.25, 0.3) is 0 Å². The minimum Gasteiger partial charge on any atom is -0.473 e. The van der Waals surface area contributed by atoms with Gasteiger partial charge in [0, 0.05) is 47.6 Å². The van der Waals surface area contributed by atoms with Gasteiger partial charge in [0.15, 0.2) is 0 Å². The van der Waals surface area contributed by atoms with Crippen LogP contribution in [-0.4, -0.2) is 58.3 Å². The molecule has 0 spiro atoms. The van der Waals surface area contributed by atoms with Gasteiger partial charge in [-0.15, -0.1) is 0 Å². The number of nitrogens with zero attached hydrogens (tertiary/aromatic N) is 4. The lowest BCUT2D eigenvalue weighted by Crippen LogP contribution is -2.35. The van der Waals surface area contributed by atoms with Gasteiger partial charge in [-0.3, -0.25) is 4.90 Å². The number of aromatic nitrogens is 3. The molecule has 0 aliphatic carbocycles. The first-order valence-corrected chi connectivity index (χ1v) is 14.7. The van der Waals surface area contributed by atoms with E-state index in [1.165, 1.54) is 6.07 Å². The van der Waals surface area contributed by atoms with E-state index in [0.717, 1.165) is 74.6 Å². The molecule has 2 saturated heterocycles. The third-order valence-corrected chi connectivity index (χ3v) is 8.23. The summed E-state index contributed by atoms with van der Waals surface area (Å²) in [6.45, 7) is 4.23. The lowest BCUT2D eigenvalue weighted by Gasteiger charge is -2.32. The van der Waals surface area contributed by atoms with Crippen LogP contribution in [0, 0.1) is 5.82 Å². The molecule has 2 fully saturated rings. The molecule has 11 heteroatoms. The lowest BCUT2D eigenvalue weighted by atomic mass is 9.93. The highest BCUT2D eigenvalue weighted by Gasteiger charge is 2.26. The molecule has 0 radical (unpaired) electrons. The van der Waals surface area contributed by atoms with Crippen molar-refractivity contribution in [2.45, 2.75) is 51.0 Å². The first-order chi connectivity index (χ1) is 20.4. The number of amides is 2. The number of hydrogen-bond acceptors (Lipinski definition) is 6. The standard InChI is InChI=1S/C31H34ClFN6O3/c1-34-31(40)35-23-7-8-28-27(16-23)36-29(39(28)17-24-11-14-41-24)18-38-12-9-20(10-13-38)26-3-2-4-30(37-26)42-19-21-5-6-22(32)15-25(21)33/h2-8,15-16,20,24H,9-14,17-19H2,1H3,(H2,34,35,40)/t24-/m0/s1. The topological polar surface area (TPSA) is 93.5 Å². The minimum atomic E-state index is -0.388. The van der Waals surface area contributed by atoms with Crippen LogP contribution >= 0.6 is 11.6 Å². The first kappa shape index (κ1) is 28.4. The molecule has 2 aliphatic heterocycles. The number of likely N-dealkylation sites (tertiary alicyclic amines) is 1. The van der Waals surface area contributed by atoms with Crippen molar-refractivity contribution in [3.8, 4) is 5.88 Å². The maximum Gasteiger partial charge on any atom is 0.318 e. The van der Waals surface area contributed by atoms with Crippen LogP contribution in [0.4, 0.5) is 14.9 Å². The third kappa shape index (κ3) is 6.51. The van der Waals surface area contributed by atoms with E-state index in [0.29, 0.717) is 28.1 Å². The Morgan fingerprint density at radius 2 is 1.95 bits per heavy atom. The Labute approximate surface area is 249 Å². The average Bonchev–Trinajstić information content (AvgIpc) is 3.30. The summed E-state index contributed by atoms with van der Waals surface area (Å²) in [6, 6.07) is 15.9. The number of ether oxygens (including phenoxy) is 2. The number of carbonyl (C=O) groups is 1. The van der Waals surface area contributed by atoms with Crippen LogP contribution in [-0.2, 0) is 24.4 Å². The van der Waals surface area contributed by atoms with E-state index >= 15 is 0 Å². The fourth-order valence-corrected chi connectivity index (χ4v) is 5.68. The van der Waals surface area contributed by atoms with Crippen molar-refractivity contribution in [2.75, 3.05) is 32.1 Å². The number of piperidine rings is 1. The van der Waals surface area contributed by atoms with Crippen molar-refractivity contribution < 1.29 is 18.7 Å². The zero-order chi connectivity index (χ0) is 29.1. The van der Waals surface area contributed by atoms with Crippen LogP contribution in [0.5, 0.6) is 5.88 Å². The SMILES string of the molecule is CNC(=O)Nc1ccc2c(c1)nc(CN1CCC(c3cccc(OCc4ccc(Cl)cc4F)n3)CC1)n2C[C@@H]1CCO1.